The average Bonchev–Trinajstić information content (AvgIpc) is 2.57. The fourth-order valence-electron chi connectivity index (χ4n) is 3.05. The monoisotopic (exact) mass is 236 g/mol. The van der Waals surface area contributed by atoms with Gasteiger partial charge in [0.25, 0.3) is 0 Å². The standard InChI is InChI=1S/C13H17ClN2/c1-8-5-9(14)6-10-11-7-16(2)4-3-12(11)15-13(8)10/h5-6,11-12,15H,3-4,7H2,1-2H3. The maximum Gasteiger partial charge on any atom is 0.0413 e. The third-order valence-corrected chi connectivity index (χ3v) is 4.09. The number of nitrogens with one attached hydrogen (secondary N) is 1. The first kappa shape index (κ1) is 10.4. The maximum absolute atomic E-state index is 6.15. The molecular weight excluding hydrogens is 220 g/mol. The molecule has 2 atom stereocenters. The van der Waals surface area contributed by atoms with Gasteiger partial charge in [0.05, 0.1) is 0 Å². The number of hydrogen-bond donors (Lipinski definition) is 1. The van der Waals surface area contributed by atoms with Crippen LogP contribution in [0.25, 0.3) is 0 Å². The van der Waals surface area contributed by atoms with Gasteiger partial charge in [-0.05, 0) is 50.2 Å². The van der Waals surface area contributed by atoms with E-state index in [1.54, 1.807) is 0 Å². The molecule has 2 unspecified atom stereocenters. The zero-order chi connectivity index (χ0) is 11.3. The summed E-state index contributed by atoms with van der Waals surface area (Å²) in [6, 6.07) is 4.80. The Morgan fingerprint density at radius 1 is 1.44 bits per heavy atom. The number of anilines is 1. The van der Waals surface area contributed by atoms with E-state index in [4.69, 9.17) is 11.6 Å². The molecule has 16 heavy (non-hydrogen) atoms. The van der Waals surface area contributed by atoms with Crippen LogP contribution in [0, 0.1) is 6.92 Å². The van der Waals surface area contributed by atoms with Crippen molar-refractivity contribution in [3.63, 3.8) is 0 Å². The summed E-state index contributed by atoms with van der Waals surface area (Å²) in [5, 5.41) is 4.53. The van der Waals surface area contributed by atoms with E-state index in [-0.39, 0.29) is 0 Å². The Morgan fingerprint density at radius 2 is 2.25 bits per heavy atom. The topological polar surface area (TPSA) is 15.3 Å². The van der Waals surface area contributed by atoms with Gasteiger partial charge in [0.2, 0.25) is 0 Å². The van der Waals surface area contributed by atoms with Crippen molar-refractivity contribution in [3.8, 4) is 0 Å². The van der Waals surface area contributed by atoms with Gasteiger partial charge in [-0.3, -0.25) is 0 Å². The predicted molar refractivity (Wildman–Crippen MR) is 68.5 cm³/mol. The summed E-state index contributed by atoms with van der Waals surface area (Å²) in [5.41, 5.74) is 4.02. The first-order valence-corrected chi connectivity index (χ1v) is 6.28. The number of likely N-dealkylation sites (tertiary alicyclic amines) is 1. The van der Waals surface area contributed by atoms with Crippen molar-refractivity contribution >= 4 is 17.3 Å². The van der Waals surface area contributed by atoms with Crippen molar-refractivity contribution < 1.29 is 0 Å². The van der Waals surface area contributed by atoms with Gasteiger partial charge in [-0.2, -0.15) is 0 Å². The highest BCUT2D eigenvalue weighted by Crippen LogP contribution is 2.42. The third kappa shape index (κ3) is 1.52. The van der Waals surface area contributed by atoms with Crippen molar-refractivity contribution in [2.24, 2.45) is 0 Å². The van der Waals surface area contributed by atoms with Crippen molar-refractivity contribution in [2.75, 3.05) is 25.5 Å². The summed E-state index contributed by atoms with van der Waals surface area (Å²) in [6.45, 7) is 4.47. The number of hydrogen-bond acceptors (Lipinski definition) is 2. The Kier molecular flexibility index (Phi) is 2.37. The summed E-state index contributed by atoms with van der Waals surface area (Å²) in [6.07, 6.45) is 1.23. The molecule has 1 aromatic rings. The molecule has 0 aliphatic carbocycles. The van der Waals surface area contributed by atoms with E-state index in [0.717, 1.165) is 11.6 Å². The molecule has 3 rings (SSSR count). The minimum absolute atomic E-state index is 0.614. The first-order chi connectivity index (χ1) is 7.65. The number of halogens is 1. The fourth-order valence-corrected chi connectivity index (χ4v) is 3.33. The molecule has 0 amide bonds. The lowest BCUT2D eigenvalue weighted by Crippen LogP contribution is -2.39. The number of nitrogens with zero attached hydrogens (tertiary/aromatic N) is 1. The average molecular weight is 237 g/mol. The minimum atomic E-state index is 0.614. The van der Waals surface area contributed by atoms with Crippen molar-refractivity contribution in [3.05, 3.63) is 28.3 Å². The molecule has 2 nitrogen and oxygen atoms in total. The molecule has 0 saturated carbocycles. The summed E-state index contributed by atoms with van der Waals surface area (Å²) in [7, 11) is 2.20. The Labute approximate surface area is 102 Å². The lowest BCUT2D eigenvalue weighted by atomic mass is 9.89. The quantitative estimate of drug-likeness (QED) is 0.745. The van der Waals surface area contributed by atoms with Crippen LogP contribution in [-0.4, -0.2) is 31.1 Å². The van der Waals surface area contributed by atoms with E-state index in [9.17, 15) is 0 Å². The van der Waals surface area contributed by atoms with Gasteiger partial charge >= 0.3 is 0 Å². The van der Waals surface area contributed by atoms with Gasteiger partial charge in [-0.1, -0.05) is 11.6 Å². The molecule has 1 saturated heterocycles. The number of rotatable bonds is 0. The summed E-state index contributed by atoms with van der Waals surface area (Å²) in [4.78, 5) is 2.41. The lowest BCUT2D eigenvalue weighted by molar-refractivity contribution is 0.243. The van der Waals surface area contributed by atoms with Crippen molar-refractivity contribution in [1.29, 1.82) is 0 Å². The molecular formula is C13H17ClN2. The number of aryl methyl sites for hydroxylation is 1. The second kappa shape index (κ2) is 3.64. The van der Waals surface area contributed by atoms with Crippen LogP contribution in [0.1, 0.15) is 23.5 Å². The normalized spacial score (nSPS) is 28.4. The zero-order valence-electron chi connectivity index (χ0n) is 9.76. The molecule has 1 aromatic carbocycles. The Bertz CT molecular complexity index is 430. The van der Waals surface area contributed by atoms with Gasteiger partial charge < -0.3 is 10.2 Å². The van der Waals surface area contributed by atoms with E-state index >= 15 is 0 Å². The number of benzene rings is 1. The van der Waals surface area contributed by atoms with Gasteiger partial charge in [-0.15, -0.1) is 0 Å². The van der Waals surface area contributed by atoms with Crippen LogP contribution in [-0.2, 0) is 0 Å². The molecule has 0 spiro atoms. The minimum Gasteiger partial charge on any atom is -0.381 e. The second-order valence-electron chi connectivity index (χ2n) is 5.10. The van der Waals surface area contributed by atoms with Crippen molar-refractivity contribution in [1.82, 2.24) is 4.90 Å². The van der Waals surface area contributed by atoms with Crippen LogP contribution >= 0.6 is 11.6 Å². The SMILES string of the molecule is Cc1cc(Cl)cc2c1NC1CCN(C)CC21. The number of fused-ring (bicyclic) bond motifs is 3. The van der Waals surface area contributed by atoms with E-state index in [1.165, 1.54) is 29.8 Å². The summed E-state index contributed by atoms with van der Waals surface area (Å²) < 4.78 is 0. The zero-order valence-corrected chi connectivity index (χ0v) is 10.5. The van der Waals surface area contributed by atoms with Gasteiger partial charge in [0, 0.05) is 29.2 Å². The smallest absolute Gasteiger partial charge is 0.0413 e. The van der Waals surface area contributed by atoms with Crippen LogP contribution in [0.4, 0.5) is 5.69 Å². The summed E-state index contributed by atoms with van der Waals surface area (Å²) >= 11 is 6.15. The molecule has 86 valence electrons. The van der Waals surface area contributed by atoms with Crippen LogP contribution in [0.3, 0.4) is 0 Å². The second-order valence-corrected chi connectivity index (χ2v) is 5.53. The lowest BCUT2D eigenvalue weighted by Gasteiger charge is -2.32. The number of likely N-dealkylation sites (N-methyl/N-ethyl adjacent to an activating group) is 1. The third-order valence-electron chi connectivity index (χ3n) is 3.88. The van der Waals surface area contributed by atoms with Gasteiger partial charge in [0.15, 0.2) is 0 Å². The predicted octanol–water partition coefficient (Wildman–Crippen LogP) is 2.86. The molecule has 3 heteroatoms. The highest BCUT2D eigenvalue weighted by molar-refractivity contribution is 6.30. The van der Waals surface area contributed by atoms with E-state index in [2.05, 4.69) is 36.3 Å². The Balaban J connectivity index is 2.04. The molecule has 2 heterocycles. The first-order valence-electron chi connectivity index (χ1n) is 5.90. The maximum atomic E-state index is 6.15. The van der Waals surface area contributed by atoms with Crippen LogP contribution in [0.15, 0.2) is 12.1 Å². The molecule has 2 aliphatic rings. The van der Waals surface area contributed by atoms with Crippen LogP contribution in [0.2, 0.25) is 5.02 Å². The molecule has 0 bridgehead atoms. The van der Waals surface area contributed by atoms with Crippen molar-refractivity contribution in [2.45, 2.75) is 25.3 Å². The Morgan fingerprint density at radius 3 is 3.06 bits per heavy atom. The fraction of sp³-hybridized carbons (Fsp3) is 0.538. The van der Waals surface area contributed by atoms with Gasteiger partial charge in [-0.25, -0.2) is 0 Å². The molecule has 0 aromatic heterocycles. The molecule has 0 radical (unpaired) electrons. The van der Waals surface area contributed by atoms with Gasteiger partial charge in [0.1, 0.15) is 0 Å². The number of piperidine rings is 1. The molecule has 2 aliphatic heterocycles. The van der Waals surface area contributed by atoms with E-state index in [0.29, 0.717) is 12.0 Å². The summed E-state index contributed by atoms with van der Waals surface area (Å²) in [5.74, 6) is 0.617. The van der Waals surface area contributed by atoms with E-state index in [1.807, 2.05) is 0 Å². The molecule has 1 fully saturated rings. The molecule has 1 N–H and O–H groups in total. The van der Waals surface area contributed by atoms with Crippen LogP contribution in [0.5, 0.6) is 0 Å². The highest BCUT2D eigenvalue weighted by atomic mass is 35.5. The van der Waals surface area contributed by atoms with Crippen LogP contribution < -0.4 is 5.32 Å². The Hall–Kier alpha value is -0.730. The largest absolute Gasteiger partial charge is 0.381 e. The van der Waals surface area contributed by atoms with E-state index < -0.39 is 0 Å². The highest BCUT2D eigenvalue weighted by Gasteiger charge is 2.36.